The number of para-hydroxylation sites is 1. The summed E-state index contributed by atoms with van der Waals surface area (Å²) >= 11 is 0. The first-order valence-corrected chi connectivity index (χ1v) is 15.5. The van der Waals surface area contributed by atoms with Gasteiger partial charge in [0.05, 0.1) is 22.3 Å². The molecule has 0 spiro atoms. The fraction of sp³-hybridized carbons (Fsp3) is 0.122. The van der Waals surface area contributed by atoms with E-state index in [4.69, 9.17) is 9.97 Å². The Morgan fingerprint density at radius 2 is 1.50 bits per heavy atom. The molecule has 0 saturated carbocycles. The van der Waals surface area contributed by atoms with Gasteiger partial charge in [-0.3, -0.25) is 4.57 Å². The average Bonchev–Trinajstić information content (AvgIpc) is 3.51. The summed E-state index contributed by atoms with van der Waals surface area (Å²) in [5.41, 5.74) is 11.1. The molecule has 0 fully saturated rings. The minimum atomic E-state index is -0.277. The molecule has 44 heavy (non-hydrogen) atoms. The van der Waals surface area contributed by atoms with Crippen LogP contribution < -0.4 is 10.6 Å². The van der Waals surface area contributed by atoms with Crippen molar-refractivity contribution in [1.82, 2.24) is 14.5 Å². The maximum atomic E-state index is 5.64. The largest absolute Gasteiger partial charge is 0.292 e. The van der Waals surface area contributed by atoms with Gasteiger partial charge in [0.1, 0.15) is 5.69 Å². The highest BCUT2D eigenvalue weighted by Crippen LogP contribution is 2.49. The number of nitrogens with zero attached hydrogens (tertiary/aromatic N) is 3. The van der Waals surface area contributed by atoms with Crippen molar-refractivity contribution in [2.24, 2.45) is 5.92 Å². The molecule has 0 saturated heterocycles. The first-order chi connectivity index (χ1) is 21.6. The maximum absolute atomic E-state index is 5.64. The van der Waals surface area contributed by atoms with Gasteiger partial charge in [0, 0.05) is 33.1 Å². The van der Waals surface area contributed by atoms with Crippen molar-refractivity contribution in [2.45, 2.75) is 25.7 Å². The third kappa shape index (κ3) is 3.62. The zero-order chi connectivity index (χ0) is 29.4. The van der Waals surface area contributed by atoms with Crippen molar-refractivity contribution in [1.29, 1.82) is 0 Å². The fourth-order valence-corrected chi connectivity index (χ4v) is 7.39. The lowest BCUT2D eigenvalue weighted by atomic mass is 9.84. The topological polar surface area (TPSA) is 30.7 Å². The van der Waals surface area contributed by atoms with Crippen molar-refractivity contribution in [3.05, 3.63) is 149 Å². The minimum Gasteiger partial charge on any atom is -0.292 e. The Balaban J connectivity index is 1.38. The van der Waals surface area contributed by atoms with Gasteiger partial charge >= 0.3 is 0 Å². The number of rotatable bonds is 3. The Morgan fingerprint density at radius 3 is 2.32 bits per heavy atom. The summed E-state index contributed by atoms with van der Waals surface area (Å²) in [6, 6.07) is 36.7. The summed E-state index contributed by atoms with van der Waals surface area (Å²) in [7, 11) is 0. The Labute approximate surface area is 256 Å². The van der Waals surface area contributed by atoms with Gasteiger partial charge in [-0.15, -0.1) is 0 Å². The molecule has 0 amide bonds. The molecule has 2 aromatic heterocycles. The Morgan fingerprint density at radius 1 is 0.750 bits per heavy atom. The average molecular weight is 566 g/mol. The number of fused-ring (bicyclic) bond motifs is 7. The van der Waals surface area contributed by atoms with E-state index in [0.29, 0.717) is 5.92 Å². The van der Waals surface area contributed by atoms with Crippen LogP contribution in [-0.2, 0) is 5.41 Å². The monoisotopic (exact) mass is 565 g/mol. The summed E-state index contributed by atoms with van der Waals surface area (Å²) in [6.07, 6.45) is 12.5. The zero-order valence-electron chi connectivity index (χ0n) is 24.8. The van der Waals surface area contributed by atoms with E-state index in [0.717, 1.165) is 40.4 Å². The van der Waals surface area contributed by atoms with Crippen LogP contribution in [0.15, 0.2) is 127 Å². The molecule has 6 aromatic rings. The number of aromatic nitrogens is 3. The molecule has 3 heteroatoms. The first kappa shape index (κ1) is 25.2. The standard InChI is InChI=1S/C41H31N3/c1-41(2)34-22-21-30(26-13-5-3-6-14-26)24-33(34)38-39(41)42-37(27-15-7-4-8-16-27)40(43-38)44-35-20-12-11-19-31(35)32-23-28-17-9-10-18-29(28)25-36(32)44/h3-17,19-25,29H,18H2,1-2H3. The lowest BCUT2D eigenvalue weighted by Gasteiger charge is -2.22. The lowest BCUT2D eigenvalue weighted by Crippen LogP contribution is -2.34. The van der Waals surface area contributed by atoms with E-state index in [2.05, 4.69) is 152 Å². The molecule has 3 nitrogen and oxygen atoms in total. The van der Waals surface area contributed by atoms with E-state index in [1.165, 1.54) is 43.8 Å². The van der Waals surface area contributed by atoms with Gasteiger partial charge in [-0.1, -0.05) is 129 Å². The Kier molecular flexibility index (Phi) is 5.37. The second-order valence-corrected chi connectivity index (χ2v) is 12.6. The van der Waals surface area contributed by atoms with Crippen LogP contribution in [0.5, 0.6) is 0 Å². The van der Waals surface area contributed by atoms with Gasteiger partial charge in [0.15, 0.2) is 5.82 Å². The Hall–Kier alpha value is -5.28. The summed E-state index contributed by atoms with van der Waals surface area (Å²) in [6.45, 7) is 4.56. The van der Waals surface area contributed by atoms with Gasteiger partial charge in [0.25, 0.3) is 0 Å². The van der Waals surface area contributed by atoms with Crippen molar-refractivity contribution < 1.29 is 0 Å². The van der Waals surface area contributed by atoms with Crippen molar-refractivity contribution in [3.63, 3.8) is 0 Å². The van der Waals surface area contributed by atoms with Crippen LogP contribution in [0, 0.1) is 5.92 Å². The van der Waals surface area contributed by atoms with Crippen molar-refractivity contribution >= 4 is 23.1 Å². The van der Waals surface area contributed by atoms with Crippen LogP contribution in [-0.4, -0.2) is 14.5 Å². The smallest absolute Gasteiger partial charge is 0.165 e. The van der Waals surface area contributed by atoms with Gasteiger partial charge in [0.2, 0.25) is 0 Å². The molecular formula is C41H31N3. The molecule has 2 heterocycles. The van der Waals surface area contributed by atoms with Gasteiger partial charge in [-0.05, 0) is 46.9 Å². The van der Waals surface area contributed by atoms with Crippen LogP contribution in [0.4, 0.5) is 0 Å². The predicted molar refractivity (Wildman–Crippen MR) is 181 cm³/mol. The van der Waals surface area contributed by atoms with Crippen molar-refractivity contribution in [3.8, 4) is 39.5 Å². The highest BCUT2D eigenvalue weighted by atomic mass is 15.1. The summed E-state index contributed by atoms with van der Waals surface area (Å²) in [5.74, 6) is 1.23. The lowest BCUT2D eigenvalue weighted by molar-refractivity contribution is 0.635. The van der Waals surface area contributed by atoms with E-state index < -0.39 is 0 Å². The fourth-order valence-electron chi connectivity index (χ4n) is 7.39. The molecule has 210 valence electrons. The van der Waals surface area contributed by atoms with E-state index in [1.807, 2.05) is 0 Å². The minimum absolute atomic E-state index is 0.277. The first-order valence-electron chi connectivity index (χ1n) is 15.5. The predicted octanol–water partition coefficient (Wildman–Crippen LogP) is 8.14. The van der Waals surface area contributed by atoms with Gasteiger partial charge in [-0.2, -0.15) is 0 Å². The summed E-state index contributed by atoms with van der Waals surface area (Å²) in [4.78, 5) is 11.2. The highest BCUT2D eigenvalue weighted by Gasteiger charge is 2.40. The molecule has 1 atom stereocenters. The molecule has 1 unspecified atom stereocenters. The SMILES string of the molecule is CC1(C)c2ccc(-c3ccccc3)cc2-c2nc(-n3c4c(c5ccccc53)=CC3=CC=CCC3C=4)c(-c3ccccc3)nc21. The molecule has 0 radical (unpaired) electrons. The third-order valence-corrected chi connectivity index (χ3v) is 9.65. The maximum Gasteiger partial charge on any atom is 0.165 e. The summed E-state index contributed by atoms with van der Waals surface area (Å²) in [5, 5.41) is 3.69. The van der Waals surface area contributed by atoms with Crippen LogP contribution in [0.25, 0.3) is 62.5 Å². The highest BCUT2D eigenvalue weighted by molar-refractivity contribution is 5.89. The van der Waals surface area contributed by atoms with Crippen LogP contribution in [0.1, 0.15) is 31.5 Å². The molecule has 4 aromatic carbocycles. The molecular weight excluding hydrogens is 534 g/mol. The number of allylic oxidation sites excluding steroid dienone is 4. The number of benzene rings is 4. The zero-order valence-corrected chi connectivity index (χ0v) is 24.8. The number of hydrogen-bond donors (Lipinski definition) is 0. The molecule has 0 bridgehead atoms. The molecule has 3 aliphatic carbocycles. The van der Waals surface area contributed by atoms with Crippen LogP contribution in [0.2, 0.25) is 0 Å². The van der Waals surface area contributed by atoms with Crippen LogP contribution >= 0.6 is 0 Å². The van der Waals surface area contributed by atoms with E-state index in [9.17, 15) is 0 Å². The number of hydrogen-bond acceptors (Lipinski definition) is 2. The normalized spacial score (nSPS) is 17.1. The van der Waals surface area contributed by atoms with E-state index >= 15 is 0 Å². The van der Waals surface area contributed by atoms with E-state index in [-0.39, 0.29) is 5.41 Å². The quantitative estimate of drug-likeness (QED) is 0.217. The summed E-state index contributed by atoms with van der Waals surface area (Å²) < 4.78 is 2.37. The van der Waals surface area contributed by atoms with Crippen LogP contribution in [0.3, 0.4) is 0 Å². The second-order valence-electron chi connectivity index (χ2n) is 12.6. The molecule has 0 aliphatic heterocycles. The van der Waals surface area contributed by atoms with Gasteiger partial charge < -0.3 is 0 Å². The van der Waals surface area contributed by atoms with E-state index in [1.54, 1.807) is 0 Å². The molecule has 0 N–H and O–H groups in total. The molecule has 9 rings (SSSR count). The Bertz CT molecular complexity index is 2320. The second kappa shape index (κ2) is 9.36. The molecule has 3 aliphatic rings. The van der Waals surface area contributed by atoms with Crippen molar-refractivity contribution in [2.75, 3.05) is 0 Å². The third-order valence-electron chi connectivity index (χ3n) is 9.65. The van der Waals surface area contributed by atoms with Gasteiger partial charge in [-0.25, -0.2) is 9.97 Å².